The van der Waals surface area contributed by atoms with Crippen molar-refractivity contribution >= 4 is 5.91 Å². The lowest BCUT2D eigenvalue weighted by Crippen LogP contribution is -2.32. The van der Waals surface area contributed by atoms with Crippen molar-refractivity contribution in [2.24, 2.45) is 17.8 Å². The van der Waals surface area contributed by atoms with Crippen molar-refractivity contribution in [1.29, 1.82) is 0 Å². The highest BCUT2D eigenvalue weighted by Crippen LogP contribution is 2.25. The van der Waals surface area contributed by atoms with Crippen LogP contribution >= 0.6 is 0 Å². The first-order valence-electron chi connectivity index (χ1n) is 8.07. The van der Waals surface area contributed by atoms with Gasteiger partial charge < -0.3 is 9.80 Å². The maximum atomic E-state index is 12.0. The van der Waals surface area contributed by atoms with E-state index in [9.17, 15) is 4.79 Å². The summed E-state index contributed by atoms with van der Waals surface area (Å²) in [5.74, 6) is 2.01. The first-order valence-corrected chi connectivity index (χ1v) is 8.07. The quantitative estimate of drug-likeness (QED) is 0.763. The van der Waals surface area contributed by atoms with Crippen LogP contribution in [0.2, 0.25) is 0 Å². The Kier molecular flexibility index (Phi) is 5.26. The lowest BCUT2D eigenvalue weighted by molar-refractivity contribution is -0.133. The molecule has 0 spiro atoms. The second-order valence-electron chi connectivity index (χ2n) is 6.94. The standard InChI is InChI=1S/C16H30N2O/c1-13(2)16(19)18-9-6-15(12-18)10-14(3)11-17-7-4-5-8-17/h13-15H,4-12H2,1-3H3. The fraction of sp³-hybridized carbons (Fsp3) is 0.938. The van der Waals surface area contributed by atoms with Gasteiger partial charge in [0, 0.05) is 25.6 Å². The van der Waals surface area contributed by atoms with Gasteiger partial charge in [0.05, 0.1) is 0 Å². The summed E-state index contributed by atoms with van der Waals surface area (Å²) in [4.78, 5) is 16.7. The molecule has 2 rings (SSSR count). The minimum atomic E-state index is 0.153. The van der Waals surface area contributed by atoms with Crippen molar-refractivity contribution in [3.05, 3.63) is 0 Å². The van der Waals surface area contributed by atoms with Crippen molar-refractivity contribution in [1.82, 2.24) is 9.80 Å². The topological polar surface area (TPSA) is 23.6 Å². The van der Waals surface area contributed by atoms with E-state index in [2.05, 4.69) is 16.7 Å². The zero-order valence-electron chi connectivity index (χ0n) is 12.9. The Balaban J connectivity index is 1.70. The Labute approximate surface area is 118 Å². The summed E-state index contributed by atoms with van der Waals surface area (Å²) in [5.41, 5.74) is 0. The van der Waals surface area contributed by atoms with Crippen LogP contribution in [0.4, 0.5) is 0 Å². The molecular weight excluding hydrogens is 236 g/mol. The molecular formula is C16H30N2O. The number of rotatable bonds is 5. The smallest absolute Gasteiger partial charge is 0.225 e. The minimum Gasteiger partial charge on any atom is -0.342 e. The molecule has 0 aromatic heterocycles. The maximum Gasteiger partial charge on any atom is 0.225 e. The van der Waals surface area contributed by atoms with Crippen LogP contribution in [0.5, 0.6) is 0 Å². The van der Waals surface area contributed by atoms with E-state index < -0.39 is 0 Å². The highest BCUT2D eigenvalue weighted by atomic mass is 16.2. The molecule has 2 atom stereocenters. The maximum absolute atomic E-state index is 12.0. The van der Waals surface area contributed by atoms with Crippen LogP contribution in [0.25, 0.3) is 0 Å². The van der Waals surface area contributed by atoms with Gasteiger partial charge in [0.15, 0.2) is 0 Å². The Hall–Kier alpha value is -0.570. The molecule has 0 aliphatic carbocycles. The molecule has 2 unspecified atom stereocenters. The van der Waals surface area contributed by atoms with Gasteiger partial charge in [0.1, 0.15) is 0 Å². The van der Waals surface area contributed by atoms with Gasteiger partial charge in [-0.15, -0.1) is 0 Å². The van der Waals surface area contributed by atoms with E-state index in [1.807, 2.05) is 13.8 Å². The SMILES string of the molecule is CC(CC1CCN(C(=O)C(C)C)C1)CN1CCCC1. The molecule has 2 fully saturated rings. The second-order valence-corrected chi connectivity index (χ2v) is 6.94. The van der Waals surface area contributed by atoms with Gasteiger partial charge in [-0.25, -0.2) is 0 Å². The van der Waals surface area contributed by atoms with Crippen LogP contribution in [-0.4, -0.2) is 48.4 Å². The normalized spacial score (nSPS) is 26.3. The molecule has 19 heavy (non-hydrogen) atoms. The van der Waals surface area contributed by atoms with Crippen LogP contribution in [0.15, 0.2) is 0 Å². The molecule has 0 N–H and O–H groups in total. The van der Waals surface area contributed by atoms with Gasteiger partial charge in [-0.3, -0.25) is 4.79 Å². The van der Waals surface area contributed by atoms with E-state index in [4.69, 9.17) is 0 Å². The summed E-state index contributed by atoms with van der Waals surface area (Å²) in [6, 6.07) is 0. The summed E-state index contributed by atoms with van der Waals surface area (Å²) < 4.78 is 0. The van der Waals surface area contributed by atoms with Gasteiger partial charge in [-0.2, -0.15) is 0 Å². The molecule has 0 aromatic rings. The van der Waals surface area contributed by atoms with Crippen LogP contribution < -0.4 is 0 Å². The van der Waals surface area contributed by atoms with Gasteiger partial charge in [0.25, 0.3) is 0 Å². The zero-order chi connectivity index (χ0) is 13.8. The number of hydrogen-bond acceptors (Lipinski definition) is 2. The number of carbonyl (C=O) groups is 1. The van der Waals surface area contributed by atoms with Crippen LogP contribution in [0.3, 0.4) is 0 Å². The number of nitrogens with zero attached hydrogens (tertiary/aromatic N) is 2. The molecule has 110 valence electrons. The van der Waals surface area contributed by atoms with Crippen molar-refractivity contribution in [3.8, 4) is 0 Å². The van der Waals surface area contributed by atoms with Crippen molar-refractivity contribution in [2.45, 2.75) is 46.5 Å². The molecule has 0 bridgehead atoms. The van der Waals surface area contributed by atoms with E-state index in [0.717, 1.165) is 24.9 Å². The number of hydrogen-bond donors (Lipinski definition) is 0. The monoisotopic (exact) mass is 266 g/mol. The molecule has 3 heteroatoms. The van der Waals surface area contributed by atoms with Crippen molar-refractivity contribution in [3.63, 3.8) is 0 Å². The number of likely N-dealkylation sites (tertiary alicyclic amines) is 2. The van der Waals surface area contributed by atoms with Crippen molar-refractivity contribution in [2.75, 3.05) is 32.7 Å². The Bertz CT molecular complexity index is 297. The van der Waals surface area contributed by atoms with Gasteiger partial charge in [0.2, 0.25) is 5.91 Å². The van der Waals surface area contributed by atoms with E-state index in [1.165, 1.54) is 45.3 Å². The molecule has 0 radical (unpaired) electrons. The second kappa shape index (κ2) is 6.74. The minimum absolute atomic E-state index is 0.153. The van der Waals surface area contributed by atoms with Crippen LogP contribution in [0.1, 0.15) is 46.5 Å². The summed E-state index contributed by atoms with van der Waals surface area (Å²) in [7, 11) is 0. The molecule has 0 saturated carbocycles. The summed E-state index contributed by atoms with van der Waals surface area (Å²) in [6.45, 7) is 12.2. The molecule has 3 nitrogen and oxygen atoms in total. The first kappa shape index (κ1) is 14.8. The summed E-state index contributed by atoms with van der Waals surface area (Å²) in [5, 5.41) is 0. The third-order valence-electron chi connectivity index (χ3n) is 4.60. The zero-order valence-corrected chi connectivity index (χ0v) is 12.9. The highest BCUT2D eigenvalue weighted by Gasteiger charge is 2.28. The molecule has 1 amide bonds. The average Bonchev–Trinajstić information content (AvgIpc) is 2.99. The fourth-order valence-electron chi connectivity index (χ4n) is 3.64. The number of carbonyl (C=O) groups excluding carboxylic acids is 1. The molecule has 2 saturated heterocycles. The summed E-state index contributed by atoms with van der Waals surface area (Å²) >= 11 is 0. The molecule has 2 aliphatic heterocycles. The van der Waals surface area contributed by atoms with E-state index in [1.54, 1.807) is 0 Å². The Morgan fingerprint density at radius 1 is 1.16 bits per heavy atom. The molecule has 0 aromatic carbocycles. The lowest BCUT2D eigenvalue weighted by atomic mass is 9.95. The third-order valence-corrected chi connectivity index (χ3v) is 4.60. The Morgan fingerprint density at radius 2 is 1.84 bits per heavy atom. The predicted octanol–water partition coefficient (Wildman–Crippen LogP) is 2.61. The van der Waals surface area contributed by atoms with Gasteiger partial charge >= 0.3 is 0 Å². The fourth-order valence-corrected chi connectivity index (χ4v) is 3.64. The predicted molar refractivity (Wildman–Crippen MR) is 79.0 cm³/mol. The van der Waals surface area contributed by atoms with Crippen LogP contribution in [-0.2, 0) is 4.79 Å². The number of amides is 1. The first-order chi connectivity index (χ1) is 9.06. The highest BCUT2D eigenvalue weighted by molar-refractivity contribution is 5.78. The van der Waals surface area contributed by atoms with E-state index in [0.29, 0.717) is 5.91 Å². The average molecular weight is 266 g/mol. The van der Waals surface area contributed by atoms with Gasteiger partial charge in [-0.05, 0) is 50.6 Å². The third kappa shape index (κ3) is 4.20. The van der Waals surface area contributed by atoms with Crippen LogP contribution in [0, 0.1) is 17.8 Å². The summed E-state index contributed by atoms with van der Waals surface area (Å²) in [6.07, 6.45) is 5.26. The largest absolute Gasteiger partial charge is 0.342 e. The Morgan fingerprint density at radius 3 is 2.47 bits per heavy atom. The van der Waals surface area contributed by atoms with E-state index in [-0.39, 0.29) is 5.92 Å². The molecule has 2 aliphatic rings. The molecule has 2 heterocycles. The van der Waals surface area contributed by atoms with E-state index >= 15 is 0 Å². The van der Waals surface area contributed by atoms with Crippen molar-refractivity contribution < 1.29 is 4.79 Å². The van der Waals surface area contributed by atoms with Gasteiger partial charge in [-0.1, -0.05) is 20.8 Å². The lowest BCUT2D eigenvalue weighted by Gasteiger charge is -2.23.